The third kappa shape index (κ3) is 7.63. The molecule has 0 radical (unpaired) electrons. The number of carbonyl (C=O) groups is 2. The van der Waals surface area contributed by atoms with E-state index in [-0.39, 0.29) is 23.3 Å². The molecule has 3 aromatic heterocycles. The lowest BCUT2D eigenvalue weighted by Crippen LogP contribution is -2.47. The zero-order chi connectivity index (χ0) is 33.9. The van der Waals surface area contributed by atoms with Crippen LogP contribution in [-0.2, 0) is 26.0 Å². The van der Waals surface area contributed by atoms with Crippen LogP contribution in [0.4, 0.5) is 16.3 Å². The Kier molecular flexibility index (Phi) is 9.13. The van der Waals surface area contributed by atoms with E-state index in [1.54, 1.807) is 48.7 Å². The zero-order valence-electron chi connectivity index (χ0n) is 27.0. The number of hydrogen-bond acceptors (Lipinski definition) is 9. The monoisotopic (exact) mass is 667 g/mol. The van der Waals surface area contributed by atoms with E-state index in [4.69, 9.17) is 4.74 Å². The fourth-order valence-electron chi connectivity index (χ4n) is 5.56. The molecule has 12 nitrogen and oxygen atoms in total. The molecule has 0 unspecified atom stereocenters. The predicted octanol–water partition coefficient (Wildman–Crippen LogP) is 5.53. The van der Waals surface area contributed by atoms with Gasteiger partial charge in [-0.3, -0.25) is 4.79 Å². The largest absolute Gasteiger partial charge is 0.444 e. The highest BCUT2D eigenvalue weighted by Crippen LogP contribution is 2.27. The molecule has 1 fully saturated rings. The van der Waals surface area contributed by atoms with E-state index in [2.05, 4.69) is 25.6 Å². The molecule has 1 aliphatic heterocycles. The van der Waals surface area contributed by atoms with E-state index in [9.17, 15) is 18.0 Å². The third-order valence-corrected chi connectivity index (χ3v) is 9.56. The van der Waals surface area contributed by atoms with Crippen LogP contribution >= 0.6 is 0 Å². The van der Waals surface area contributed by atoms with Crippen LogP contribution in [0.15, 0.2) is 96.4 Å². The van der Waals surface area contributed by atoms with Gasteiger partial charge in [0.15, 0.2) is 5.65 Å². The van der Waals surface area contributed by atoms with Gasteiger partial charge in [-0.05, 0) is 75.6 Å². The number of ether oxygens (including phenoxy) is 1. The van der Waals surface area contributed by atoms with Crippen molar-refractivity contribution in [1.29, 1.82) is 0 Å². The Morgan fingerprint density at radius 3 is 2.46 bits per heavy atom. The summed E-state index contributed by atoms with van der Waals surface area (Å²) in [5.41, 5.74) is 2.70. The van der Waals surface area contributed by atoms with E-state index < -0.39 is 21.7 Å². The van der Waals surface area contributed by atoms with Crippen LogP contribution in [0.1, 0.15) is 39.2 Å². The minimum Gasteiger partial charge on any atom is -0.444 e. The average Bonchev–Trinajstić information content (AvgIpc) is 3.49. The molecule has 6 rings (SSSR count). The van der Waals surface area contributed by atoms with Gasteiger partial charge < -0.3 is 20.3 Å². The van der Waals surface area contributed by atoms with Gasteiger partial charge in [0.1, 0.15) is 17.7 Å². The summed E-state index contributed by atoms with van der Waals surface area (Å²) in [6.07, 6.45) is 5.70. The van der Waals surface area contributed by atoms with Crippen molar-refractivity contribution in [2.75, 3.05) is 18.4 Å². The highest BCUT2D eigenvalue weighted by Gasteiger charge is 2.26. The molecule has 13 heteroatoms. The normalized spacial score (nSPS) is 14.1. The first-order valence-corrected chi connectivity index (χ1v) is 17.1. The first-order valence-electron chi connectivity index (χ1n) is 15.7. The molecule has 1 saturated heterocycles. The summed E-state index contributed by atoms with van der Waals surface area (Å²) in [7, 11) is -3.79. The maximum atomic E-state index is 13.2. The summed E-state index contributed by atoms with van der Waals surface area (Å²) < 4.78 is 32.9. The van der Waals surface area contributed by atoms with Crippen molar-refractivity contribution in [3.05, 3.63) is 97.1 Å². The van der Waals surface area contributed by atoms with Crippen LogP contribution < -0.4 is 10.6 Å². The van der Waals surface area contributed by atoms with Crippen LogP contribution in [0.5, 0.6) is 0 Å². The highest BCUT2D eigenvalue weighted by atomic mass is 32.2. The molecule has 2 aromatic carbocycles. The Morgan fingerprint density at radius 1 is 0.938 bits per heavy atom. The first kappa shape index (κ1) is 32.6. The minimum absolute atomic E-state index is 0.0243. The molecular formula is C35H37N7O5S. The number of amides is 2. The van der Waals surface area contributed by atoms with Crippen LogP contribution in [-0.4, -0.2) is 69.0 Å². The van der Waals surface area contributed by atoms with Crippen molar-refractivity contribution in [2.45, 2.75) is 56.6 Å². The van der Waals surface area contributed by atoms with Crippen LogP contribution in [0.2, 0.25) is 0 Å². The maximum Gasteiger partial charge on any atom is 0.407 e. The Morgan fingerprint density at radius 2 is 1.71 bits per heavy atom. The van der Waals surface area contributed by atoms with Gasteiger partial charge in [0.2, 0.25) is 5.91 Å². The van der Waals surface area contributed by atoms with Gasteiger partial charge >= 0.3 is 6.09 Å². The summed E-state index contributed by atoms with van der Waals surface area (Å²) >= 11 is 0. The van der Waals surface area contributed by atoms with Crippen molar-refractivity contribution < 1.29 is 22.7 Å². The van der Waals surface area contributed by atoms with Gasteiger partial charge in [-0.15, -0.1) is 0 Å². The first-order chi connectivity index (χ1) is 22.9. The average molecular weight is 668 g/mol. The molecule has 0 bridgehead atoms. The molecule has 248 valence electrons. The second-order valence-electron chi connectivity index (χ2n) is 12.7. The van der Waals surface area contributed by atoms with Crippen molar-refractivity contribution >= 4 is 44.6 Å². The molecule has 0 aliphatic carbocycles. The topological polar surface area (TPSA) is 148 Å². The molecule has 2 amide bonds. The number of benzene rings is 2. The second kappa shape index (κ2) is 13.4. The molecule has 0 saturated carbocycles. The van der Waals surface area contributed by atoms with E-state index in [0.717, 1.165) is 11.3 Å². The molecule has 0 atom stereocenters. The van der Waals surface area contributed by atoms with Crippen molar-refractivity contribution in [2.24, 2.45) is 0 Å². The fraction of sp³-hybridized carbons (Fsp3) is 0.286. The number of fused-ring (bicyclic) bond motifs is 1. The van der Waals surface area contributed by atoms with Crippen LogP contribution in [0.3, 0.4) is 0 Å². The summed E-state index contributed by atoms with van der Waals surface area (Å²) in [6, 6.07) is 21.2. The summed E-state index contributed by atoms with van der Waals surface area (Å²) in [5, 5.41) is 6.85. The number of alkyl carbamates (subject to hydrolysis) is 1. The molecule has 5 aromatic rings. The van der Waals surface area contributed by atoms with Crippen molar-refractivity contribution in [1.82, 2.24) is 29.1 Å². The van der Waals surface area contributed by atoms with Gasteiger partial charge in [0.05, 0.1) is 17.0 Å². The standard InChI is InChI=1S/C35H37N7O5S/c1-35(2,3)47-34(44)40-27-13-15-41(16-14-27)32(43)19-24-8-7-9-28(18-24)39-31-21-30(37-23-38-31)26-20-25-12-17-42(33(25)36-22-26)48(45,46)29-10-5-4-6-11-29/h4-12,17-18,20-23,27H,13-16,19H2,1-3H3,(H,40,44)(H,37,38,39). The number of piperidine rings is 1. The van der Waals surface area contributed by atoms with Gasteiger partial charge in [-0.1, -0.05) is 30.3 Å². The number of anilines is 2. The zero-order valence-corrected chi connectivity index (χ0v) is 27.8. The molecule has 48 heavy (non-hydrogen) atoms. The molecule has 0 spiro atoms. The molecular weight excluding hydrogens is 630 g/mol. The maximum absolute atomic E-state index is 13.2. The number of carbonyl (C=O) groups excluding carboxylic acids is 2. The van der Waals surface area contributed by atoms with Crippen LogP contribution in [0.25, 0.3) is 22.3 Å². The lowest BCUT2D eigenvalue weighted by Gasteiger charge is -2.33. The number of rotatable bonds is 8. The SMILES string of the molecule is CC(C)(C)OC(=O)NC1CCN(C(=O)Cc2cccc(Nc3cc(-c4cnc5c(ccn5S(=O)(=O)c5ccccc5)c4)ncn3)c2)CC1. The highest BCUT2D eigenvalue weighted by molar-refractivity contribution is 7.90. The van der Waals surface area contributed by atoms with Gasteiger partial charge in [-0.25, -0.2) is 32.1 Å². The Hall–Kier alpha value is -5.30. The molecule has 4 heterocycles. The van der Waals surface area contributed by atoms with Gasteiger partial charge in [0.25, 0.3) is 10.0 Å². The Labute approximate surface area is 279 Å². The Bertz CT molecular complexity index is 2050. The third-order valence-electron chi connectivity index (χ3n) is 7.88. The molecule has 1 aliphatic rings. The van der Waals surface area contributed by atoms with Crippen LogP contribution in [0, 0.1) is 0 Å². The number of nitrogens with zero attached hydrogens (tertiary/aromatic N) is 5. The fourth-order valence-corrected chi connectivity index (χ4v) is 6.89. The smallest absolute Gasteiger partial charge is 0.407 e. The van der Waals surface area contributed by atoms with Gasteiger partial charge in [0, 0.05) is 54.2 Å². The van der Waals surface area contributed by atoms with E-state index in [0.29, 0.717) is 54.0 Å². The second-order valence-corrected chi connectivity index (χ2v) is 14.5. The van der Waals surface area contributed by atoms with E-state index in [1.165, 1.54) is 16.5 Å². The molecule has 2 N–H and O–H groups in total. The summed E-state index contributed by atoms with van der Waals surface area (Å²) in [5.74, 6) is 0.577. The minimum atomic E-state index is -3.79. The quantitative estimate of drug-likeness (QED) is 0.218. The number of hydrogen-bond donors (Lipinski definition) is 2. The number of nitrogens with one attached hydrogen (secondary N) is 2. The van der Waals surface area contributed by atoms with Crippen molar-refractivity contribution in [3.63, 3.8) is 0 Å². The lowest BCUT2D eigenvalue weighted by molar-refractivity contribution is -0.131. The Balaban J connectivity index is 1.09. The number of likely N-dealkylation sites (tertiary alicyclic amines) is 1. The van der Waals surface area contributed by atoms with E-state index >= 15 is 0 Å². The predicted molar refractivity (Wildman–Crippen MR) is 182 cm³/mol. The number of aromatic nitrogens is 4. The van der Waals surface area contributed by atoms with E-state index in [1.807, 2.05) is 56.0 Å². The lowest BCUT2D eigenvalue weighted by atomic mass is 10.0. The summed E-state index contributed by atoms with van der Waals surface area (Å²) in [4.78, 5) is 40.5. The number of pyridine rings is 1. The van der Waals surface area contributed by atoms with Crippen molar-refractivity contribution in [3.8, 4) is 11.3 Å². The summed E-state index contributed by atoms with van der Waals surface area (Å²) in [6.45, 7) is 6.61. The van der Waals surface area contributed by atoms with Gasteiger partial charge in [-0.2, -0.15) is 0 Å².